The number of rotatable bonds is 7. The molecule has 176 valence electrons. The first-order valence-corrected chi connectivity index (χ1v) is 11.3. The molecule has 33 heavy (non-hydrogen) atoms. The van der Waals surface area contributed by atoms with E-state index in [4.69, 9.17) is 14.2 Å². The maximum Gasteiger partial charge on any atom is 0.267 e. The molecular formula is C25H31N3O5. The van der Waals surface area contributed by atoms with Gasteiger partial charge in [0.05, 0.1) is 18.9 Å². The van der Waals surface area contributed by atoms with Crippen molar-refractivity contribution in [1.29, 1.82) is 0 Å². The quantitative estimate of drug-likeness (QED) is 0.695. The number of carbonyl (C=O) groups is 2. The van der Waals surface area contributed by atoms with E-state index in [0.717, 1.165) is 55.4 Å². The third kappa shape index (κ3) is 5.46. The van der Waals surface area contributed by atoms with Gasteiger partial charge in [-0.05, 0) is 44.0 Å². The minimum atomic E-state index is -0.583. The molecule has 2 heterocycles. The van der Waals surface area contributed by atoms with Crippen LogP contribution in [0.4, 0.5) is 11.4 Å². The number of aryl methyl sites for hydroxylation is 2. The highest BCUT2D eigenvalue weighted by Gasteiger charge is 2.32. The molecule has 1 fully saturated rings. The molecule has 1 saturated heterocycles. The van der Waals surface area contributed by atoms with E-state index in [2.05, 4.69) is 10.2 Å². The van der Waals surface area contributed by atoms with Crippen molar-refractivity contribution >= 4 is 23.2 Å². The summed E-state index contributed by atoms with van der Waals surface area (Å²) < 4.78 is 17.0. The summed E-state index contributed by atoms with van der Waals surface area (Å²) in [7, 11) is 0. The topological polar surface area (TPSA) is 80.3 Å². The third-order valence-electron chi connectivity index (χ3n) is 5.95. The lowest BCUT2D eigenvalue weighted by Gasteiger charge is -2.35. The Hall–Kier alpha value is -3.10. The largest absolute Gasteiger partial charge is 0.483 e. The molecule has 0 bridgehead atoms. The lowest BCUT2D eigenvalue weighted by molar-refractivity contribution is -0.125. The average molecular weight is 454 g/mol. The Balaban J connectivity index is 1.40. The lowest BCUT2D eigenvalue weighted by Crippen LogP contribution is -2.48. The number of nitrogens with one attached hydrogen (secondary N) is 1. The zero-order valence-corrected chi connectivity index (χ0v) is 19.4. The van der Waals surface area contributed by atoms with Crippen LogP contribution in [0.5, 0.6) is 11.5 Å². The molecule has 1 unspecified atom stereocenters. The number of carbonyl (C=O) groups excluding carboxylic acids is 2. The molecule has 2 aromatic carbocycles. The summed E-state index contributed by atoms with van der Waals surface area (Å²) >= 11 is 0. The van der Waals surface area contributed by atoms with Crippen LogP contribution in [0, 0.1) is 13.8 Å². The number of anilines is 2. The summed E-state index contributed by atoms with van der Waals surface area (Å²) in [5.74, 6) is 0.985. The van der Waals surface area contributed by atoms with E-state index in [1.165, 1.54) is 0 Å². The number of hydrogen-bond acceptors (Lipinski definition) is 6. The monoisotopic (exact) mass is 453 g/mol. The number of morpholine rings is 1. The van der Waals surface area contributed by atoms with Crippen molar-refractivity contribution in [3.8, 4) is 11.5 Å². The summed E-state index contributed by atoms with van der Waals surface area (Å²) in [5, 5.41) is 2.86. The number of amides is 2. The molecule has 4 rings (SSSR count). The van der Waals surface area contributed by atoms with Gasteiger partial charge in [0.2, 0.25) is 0 Å². The van der Waals surface area contributed by atoms with Gasteiger partial charge in [-0.2, -0.15) is 0 Å². The fourth-order valence-electron chi connectivity index (χ4n) is 4.15. The van der Waals surface area contributed by atoms with Gasteiger partial charge in [0.1, 0.15) is 11.5 Å². The van der Waals surface area contributed by atoms with Crippen LogP contribution in [-0.4, -0.2) is 68.8 Å². The van der Waals surface area contributed by atoms with Crippen molar-refractivity contribution in [2.75, 3.05) is 56.2 Å². The molecule has 0 aliphatic carbocycles. The first-order chi connectivity index (χ1) is 15.9. The molecule has 0 spiro atoms. The van der Waals surface area contributed by atoms with Crippen LogP contribution in [0.3, 0.4) is 0 Å². The molecule has 2 aromatic rings. The predicted molar refractivity (Wildman–Crippen MR) is 126 cm³/mol. The SMILES string of the molecule is Cc1cccc(C)c1OCC(=O)Nc1ccc2c(c1)OC(C)C(=O)N2CCN1CCOCC1. The second kappa shape index (κ2) is 10.2. The fraction of sp³-hybridized carbons (Fsp3) is 0.440. The van der Waals surface area contributed by atoms with Gasteiger partial charge in [0, 0.05) is 37.9 Å². The van der Waals surface area contributed by atoms with Crippen LogP contribution in [0.25, 0.3) is 0 Å². The standard InChI is InChI=1S/C25H31N3O5/c1-17-5-4-6-18(2)24(17)32-16-23(29)26-20-7-8-21-22(15-20)33-19(3)25(30)28(21)10-9-27-11-13-31-14-12-27/h4-8,15,19H,9-14,16H2,1-3H3,(H,26,29). The minimum absolute atomic E-state index is 0.0606. The van der Waals surface area contributed by atoms with E-state index in [9.17, 15) is 9.59 Å². The Bertz CT molecular complexity index is 999. The zero-order valence-electron chi connectivity index (χ0n) is 19.4. The third-order valence-corrected chi connectivity index (χ3v) is 5.95. The maximum absolute atomic E-state index is 12.8. The Morgan fingerprint density at radius 1 is 1.12 bits per heavy atom. The highest BCUT2D eigenvalue weighted by Crippen LogP contribution is 2.36. The predicted octanol–water partition coefficient (Wildman–Crippen LogP) is 2.77. The normalized spacial score (nSPS) is 18.5. The van der Waals surface area contributed by atoms with Crippen LogP contribution in [0.2, 0.25) is 0 Å². The van der Waals surface area contributed by atoms with Crippen molar-refractivity contribution < 1.29 is 23.8 Å². The summed E-state index contributed by atoms with van der Waals surface area (Å²) in [6, 6.07) is 11.2. The van der Waals surface area contributed by atoms with Gasteiger partial charge >= 0.3 is 0 Å². The molecule has 0 radical (unpaired) electrons. The van der Waals surface area contributed by atoms with E-state index in [1.807, 2.05) is 38.1 Å². The molecule has 8 heteroatoms. The Kier molecular flexibility index (Phi) is 7.15. The number of fused-ring (bicyclic) bond motifs is 1. The molecule has 1 atom stereocenters. The number of ether oxygens (including phenoxy) is 3. The summed E-state index contributed by atoms with van der Waals surface area (Å²) in [6.45, 7) is 10.1. The van der Waals surface area contributed by atoms with Gasteiger partial charge < -0.3 is 24.4 Å². The number of benzene rings is 2. The minimum Gasteiger partial charge on any atom is -0.483 e. The van der Waals surface area contributed by atoms with Crippen molar-refractivity contribution in [2.45, 2.75) is 26.9 Å². The smallest absolute Gasteiger partial charge is 0.267 e. The zero-order chi connectivity index (χ0) is 23.4. The van der Waals surface area contributed by atoms with E-state index in [1.54, 1.807) is 24.0 Å². The highest BCUT2D eigenvalue weighted by molar-refractivity contribution is 6.00. The fourth-order valence-corrected chi connectivity index (χ4v) is 4.15. The van der Waals surface area contributed by atoms with E-state index < -0.39 is 6.10 Å². The molecule has 0 saturated carbocycles. The first kappa shape index (κ1) is 23.1. The molecule has 8 nitrogen and oxygen atoms in total. The van der Waals surface area contributed by atoms with Crippen molar-refractivity contribution in [2.24, 2.45) is 0 Å². The highest BCUT2D eigenvalue weighted by atomic mass is 16.5. The van der Waals surface area contributed by atoms with Crippen molar-refractivity contribution in [3.63, 3.8) is 0 Å². The average Bonchev–Trinajstić information content (AvgIpc) is 2.80. The second-order valence-electron chi connectivity index (χ2n) is 8.44. The summed E-state index contributed by atoms with van der Waals surface area (Å²) in [6.07, 6.45) is -0.583. The summed E-state index contributed by atoms with van der Waals surface area (Å²) in [5.41, 5.74) is 3.29. The molecule has 1 N–H and O–H groups in total. The Labute approximate surface area is 194 Å². The van der Waals surface area contributed by atoms with Crippen molar-refractivity contribution in [1.82, 2.24) is 4.90 Å². The van der Waals surface area contributed by atoms with Crippen LogP contribution in [0.15, 0.2) is 36.4 Å². The van der Waals surface area contributed by atoms with Crippen LogP contribution in [-0.2, 0) is 14.3 Å². The molecule has 2 aliphatic rings. The van der Waals surface area contributed by atoms with Crippen LogP contribution >= 0.6 is 0 Å². The van der Waals surface area contributed by atoms with Gasteiger partial charge in [-0.1, -0.05) is 18.2 Å². The van der Waals surface area contributed by atoms with Crippen LogP contribution < -0.4 is 19.7 Å². The first-order valence-electron chi connectivity index (χ1n) is 11.3. The number of nitrogens with zero attached hydrogens (tertiary/aromatic N) is 2. The Morgan fingerprint density at radius 2 is 1.85 bits per heavy atom. The van der Waals surface area contributed by atoms with Crippen molar-refractivity contribution in [3.05, 3.63) is 47.5 Å². The van der Waals surface area contributed by atoms with Gasteiger partial charge in [-0.25, -0.2) is 0 Å². The Morgan fingerprint density at radius 3 is 2.58 bits per heavy atom. The molecule has 2 amide bonds. The van der Waals surface area contributed by atoms with E-state index >= 15 is 0 Å². The summed E-state index contributed by atoms with van der Waals surface area (Å²) in [4.78, 5) is 29.3. The van der Waals surface area contributed by atoms with Gasteiger partial charge in [0.25, 0.3) is 11.8 Å². The van der Waals surface area contributed by atoms with E-state index in [0.29, 0.717) is 18.0 Å². The molecule has 2 aliphatic heterocycles. The second-order valence-corrected chi connectivity index (χ2v) is 8.44. The lowest BCUT2D eigenvalue weighted by atomic mass is 10.1. The van der Waals surface area contributed by atoms with Crippen LogP contribution in [0.1, 0.15) is 18.1 Å². The van der Waals surface area contributed by atoms with Gasteiger partial charge in [-0.15, -0.1) is 0 Å². The molecule has 0 aromatic heterocycles. The molecular weight excluding hydrogens is 422 g/mol. The number of hydrogen-bond donors (Lipinski definition) is 1. The van der Waals surface area contributed by atoms with Gasteiger partial charge in [0.15, 0.2) is 12.7 Å². The number of para-hydroxylation sites is 1. The maximum atomic E-state index is 12.8. The van der Waals surface area contributed by atoms with Gasteiger partial charge in [-0.3, -0.25) is 14.5 Å². The van der Waals surface area contributed by atoms with E-state index in [-0.39, 0.29) is 18.4 Å².